The molecule has 1 aromatic rings. The Morgan fingerprint density at radius 3 is 2.16 bits per heavy atom. The van der Waals surface area contributed by atoms with Crippen molar-refractivity contribution in [3.8, 4) is 0 Å². The molecule has 0 radical (unpaired) electrons. The number of rotatable bonds is 10. The molecule has 0 aromatic heterocycles. The topological polar surface area (TPSA) is 134 Å². The fraction of sp³-hybridized carbons (Fsp3) is 0.667. The number of ketones is 1. The summed E-state index contributed by atoms with van der Waals surface area (Å²) in [5.74, 6) is -2.31. The molecule has 5 atom stereocenters. The van der Waals surface area contributed by atoms with E-state index in [-0.39, 0.29) is 36.1 Å². The van der Waals surface area contributed by atoms with Crippen LogP contribution < -0.4 is 16.0 Å². The third-order valence-electron chi connectivity index (χ3n) is 8.47. The van der Waals surface area contributed by atoms with Crippen molar-refractivity contribution in [3.05, 3.63) is 35.9 Å². The predicted molar refractivity (Wildman–Crippen MR) is 164 cm³/mol. The fourth-order valence-corrected chi connectivity index (χ4v) is 6.23. The minimum absolute atomic E-state index is 0.0655. The first-order valence-corrected chi connectivity index (χ1v) is 15.3. The summed E-state index contributed by atoms with van der Waals surface area (Å²) < 4.78 is 5.44. The van der Waals surface area contributed by atoms with E-state index >= 15 is 0 Å². The summed E-state index contributed by atoms with van der Waals surface area (Å²) in [6, 6.07) is 6.47. The molecule has 43 heavy (non-hydrogen) atoms. The lowest BCUT2D eigenvalue weighted by atomic mass is 9.55. The summed E-state index contributed by atoms with van der Waals surface area (Å²) in [5, 5.41) is 8.24. The van der Waals surface area contributed by atoms with Crippen LogP contribution in [0.1, 0.15) is 87.1 Å². The Hall–Kier alpha value is -3.43. The van der Waals surface area contributed by atoms with Gasteiger partial charge in [-0.1, -0.05) is 78.3 Å². The number of fused-ring (bicyclic) bond motifs is 1. The third-order valence-corrected chi connectivity index (χ3v) is 8.47. The maximum Gasteiger partial charge on any atom is 0.408 e. The van der Waals surface area contributed by atoms with Crippen LogP contribution in [0, 0.1) is 22.7 Å². The van der Waals surface area contributed by atoms with E-state index in [0.29, 0.717) is 13.0 Å². The normalized spacial score (nSPS) is 22.3. The Balaban J connectivity index is 1.81. The lowest BCUT2D eigenvalue weighted by molar-refractivity contribution is -0.145. The van der Waals surface area contributed by atoms with Crippen LogP contribution in [0.2, 0.25) is 0 Å². The number of nitrogens with zero attached hydrogens (tertiary/aromatic N) is 1. The first-order valence-electron chi connectivity index (χ1n) is 15.3. The molecule has 0 unspecified atom stereocenters. The Labute approximate surface area is 256 Å². The molecule has 1 saturated heterocycles. The maximum absolute atomic E-state index is 14.2. The Bertz CT molecular complexity index is 1200. The van der Waals surface area contributed by atoms with E-state index in [4.69, 9.17) is 4.74 Å². The second-order valence-corrected chi connectivity index (χ2v) is 14.7. The summed E-state index contributed by atoms with van der Waals surface area (Å²) in [7, 11) is 0. The van der Waals surface area contributed by atoms with Crippen LogP contribution in [0.5, 0.6) is 0 Å². The van der Waals surface area contributed by atoms with Crippen molar-refractivity contribution < 1.29 is 28.7 Å². The van der Waals surface area contributed by atoms with Crippen molar-refractivity contribution >= 4 is 29.6 Å². The smallest absolute Gasteiger partial charge is 0.408 e. The van der Waals surface area contributed by atoms with Gasteiger partial charge in [0.05, 0.1) is 6.04 Å². The molecule has 0 bridgehead atoms. The van der Waals surface area contributed by atoms with E-state index in [2.05, 4.69) is 29.8 Å². The number of carbonyl (C=O) groups is 5. The van der Waals surface area contributed by atoms with Crippen molar-refractivity contribution in [2.24, 2.45) is 22.7 Å². The highest BCUT2D eigenvalue weighted by Gasteiger charge is 2.61. The van der Waals surface area contributed by atoms with Gasteiger partial charge in [0.2, 0.25) is 17.6 Å². The van der Waals surface area contributed by atoms with Crippen molar-refractivity contribution in [2.75, 3.05) is 6.54 Å². The first-order chi connectivity index (χ1) is 19.9. The first kappa shape index (κ1) is 34.1. The lowest BCUT2D eigenvalue weighted by Crippen LogP contribution is -2.60. The molecule has 3 N–H and O–H groups in total. The number of amides is 4. The predicted octanol–water partition coefficient (Wildman–Crippen LogP) is 3.97. The van der Waals surface area contributed by atoms with E-state index in [0.717, 1.165) is 12.0 Å². The van der Waals surface area contributed by atoms with Gasteiger partial charge in [-0.05, 0) is 61.8 Å². The third kappa shape index (κ3) is 8.36. The molecule has 2 fully saturated rings. The van der Waals surface area contributed by atoms with E-state index in [1.54, 1.807) is 25.7 Å². The number of hydrogen-bond donors (Lipinski definition) is 3. The number of Topliss-reactive ketones (excluding diaryl/α,β-unsaturated/α-hetero) is 1. The van der Waals surface area contributed by atoms with Crippen molar-refractivity contribution in [1.82, 2.24) is 20.9 Å². The van der Waals surface area contributed by atoms with E-state index in [1.165, 1.54) is 0 Å². The van der Waals surface area contributed by atoms with Crippen LogP contribution in [0.25, 0.3) is 0 Å². The number of nitrogens with one attached hydrogen (secondary N) is 3. The SMILES string of the molecule is CCC[C@H](NC(=O)[C@@H]1[C@H]2CC(C)(C)[C@H]2CN1C(=O)[C@@H](NC(=O)OC(C)(C)C)C(C)(C)C)C(=O)C(=O)NCc1ccccc1. The van der Waals surface area contributed by atoms with Gasteiger partial charge in [-0.25, -0.2) is 4.79 Å². The molecule has 10 nitrogen and oxygen atoms in total. The van der Waals surface area contributed by atoms with Gasteiger partial charge < -0.3 is 25.6 Å². The average Bonchev–Trinajstić information content (AvgIpc) is 3.23. The van der Waals surface area contributed by atoms with E-state index in [1.807, 2.05) is 58.0 Å². The summed E-state index contributed by atoms with van der Waals surface area (Å²) in [6.07, 6.45) is 0.887. The van der Waals surface area contributed by atoms with Crippen molar-refractivity contribution in [2.45, 2.75) is 112 Å². The maximum atomic E-state index is 14.2. The van der Waals surface area contributed by atoms with Gasteiger partial charge >= 0.3 is 6.09 Å². The van der Waals surface area contributed by atoms with Gasteiger partial charge in [-0.3, -0.25) is 19.2 Å². The second kappa shape index (κ2) is 13.1. The summed E-state index contributed by atoms with van der Waals surface area (Å²) in [6.45, 7) is 17.5. The molecule has 1 heterocycles. The Morgan fingerprint density at radius 2 is 1.63 bits per heavy atom. The number of alkyl carbamates (subject to hydrolysis) is 1. The molecule has 1 aliphatic carbocycles. The molecule has 4 amide bonds. The molecule has 1 saturated carbocycles. The van der Waals surface area contributed by atoms with Crippen LogP contribution >= 0.6 is 0 Å². The highest BCUT2D eigenvalue weighted by Crippen LogP contribution is 2.57. The highest BCUT2D eigenvalue weighted by molar-refractivity contribution is 6.38. The van der Waals surface area contributed by atoms with Crippen LogP contribution in [-0.4, -0.2) is 64.8 Å². The quantitative estimate of drug-likeness (QED) is 0.349. The van der Waals surface area contributed by atoms with Crippen LogP contribution in [0.3, 0.4) is 0 Å². The molecular weight excluding hydrogens is 548 g/mol. The van der Waals surface area contributed by atoms with E-state index in [9.17, 15) is 24.0 Å². The standard InChI is InChI=1S/C33H50N4O6/c1-10-14-23(25(38)28(40)34-18-20-15-12-11-13-16-20)35-27(39)24-21-17-33(8,9)22(21)19-37(24)29(41)26(31(2,3)4)36-30(42)43-32(5,6)7/h11-13,15-16,21-24,26H,10,14,17-19H2,1-9H3,(H,34,40)(H,35,39)(H,36,42)/t21-,22-,23-,24-,26+/m0/s1. The molecular formula is C33H50N4O6. The number of likely N-dealkylation sites (tertiary alicyclic amines) is 1. The highest BCUT2D eigenvalue weighted by atomic mass is 16.6. The minimum Gasteiger partial charge on any atom is -0.444 e. The molecule has 10 heteroatoms. The van der Waals surface area contributed by atoms with Gasteiger partial charge in [0.15, 0.2) is 0 Å². The molecule has 0 spiro atoms. The fourth-order valence-electron chi connectivity index (χ4n) is 6.23. The molecule has 3 rings (SSSR count). The number of benzene rings is 1. The monoisotopic (exact) mass is 598 g/mol. The van der Waals surface area contributed by atoms with Gasteiger partial charge in [0, 0.05) is 13.1 Å². The van der Waals surface area contributed by atoms with Crippen molar-refractivity contribution in [3.63, 3.8) is 0 Å². The van der Waals surface area contributed by atoms with Gasteiger partial charge in [0.25, 0.3) is 5.91 Å². The Morgan fingerprint density at radius 1 is 1.00 bits per heavy atom. The summed E-state index contributed by atoms with van der Waals surface area (Å²) >= 11 is 0. The second-order valence-electron chi connectivity index (χ2n) is 14.7. The molecule has 238 valence electrons. The zero-order valence-corrected chi connectivity index (χ0v) is 27.2. The lowest BCUT2D eigenvalue weighted by Gasteiger charge is -2.48. The zero-order valence-electron chi connectivity index (χ0n) is 27.2. The number of ether oxygens (including phenoxy) is 1. The number of carbonyl (C=O) groups excluding carboxylic acids is 5. The zero-order chi connectivity index (χ0) is 32.3. The van der Waals surface area contributed by atoms with E-state index < -0.39 is 52.8 Å². The summed E-state index contributed by atoms with van der Waals surface area (Å²) in [4.78, 5) is 68.4. The van der Waals surface area contributed by atoms with Gasteiger partial charge in [-0.2, -0.15) is 0 Å². The van der Waals surface area contributed by atoms with Gasteiger partial charge in [0.1, 0.15) is 17.7 Å². The van der Waals surface area contributed by atoms with Gasteiger partial charge in [-0.15, -0.1) is 0 Å². The average molecular weight is 599 g/mol. The van der Waals surface area contributed by atoms with Crippen molar-refractivity contribution in [1.29, 1.82) is 0 Å². The van der Waals surface area contributed by atoms with Crippen LogP contribution in [0.4, 0.5) is 4.79 Å². The molecule has 2 aliphatic rings. The largest absolute Gasteiger partial charge is 0.444 e. The number of hydrogen-bond acceptors (Lipinski definition) is 6. The minimum atomic E-state index is -1.02. The summed E-state index contributed by atoms with van der Waals surface area (Å²) in [5.41, 5.74) is -0.636. The molecule has 1 aromatic carbocycles. The Kier molecular flexibility index (Phi) is 10.3. The van der Waals surface area contributed by atoms with Crippen LogP contribution in [-0.2, 0) is 30.5 Å². The molecule has 1 aliphatic heterocycles. The van der Waals surface area contributed by atoms with Crippen LogP contribution in [0.15, 0.2) is 30.3 Å².